The fourth-order valence-corrected chi connectivity index (χ4v) is 2.89. The molecule has 3 nitrogen and oxygen atoms in total. The number of rotatable bonds is 3. The minimum atomic E-state index is 0.371. The molecule has 0 aliphatic carbocycles. The molecule has 0 aromatic carbocycles. The molecule has 0 spiro atoms. The van der Waals surface area contributed by atoms with E-state index in [-0.39, 0.29) is 0 Å². The molecule has 2 atom stereocenters. The van der Waals surface area contributed by atoms with Gasteiger partial charge in [0.25, 0.3) is 0 Å². The molecule has 0 bridgehead atoms. The summed E-state index contributed by atoms with van der Waals surface area (Å²) < 4.78 is 5.41. The molecular weight excluding hydrogens is 196 g/mol. The molecule has 0 radical (unpaired) electrons. The van der Waals surface area contributed by atoms with Crippen molar-refractivity contribution in [3.63, 3.8) is 0 Å². The molecule has 1 aromatic rings. The number of aryl methyl sites for hydroxylation is 1. The van der Waals surface area contributed by atoms with Crippen molar-refractivity contribution in [2.24, 2.45) is 5.92 Å². The van der Waals surface area contributed by atoms with Crippen molar-refractivity contribution in [3.8, 4) is 0 Å². The van der Waals surface area contributed by atoms with Crippen LogP contribution < -0.4 is 5.32 Å². The van der Waals surface area contributed by atoms with Crippen molar-refractivity contribution in [1.29, 1.82) is 0 Å². The number of nitrogens with zero attached hydrogens (tertiary/aromatic N) is 1. The first-order valence-electron chi connectivity index (χ1n) is 4.98. The van der Waals surface area contributed by atoms with Crippen molar-refractivity contribution in [1.82, 2.24) is 10.3 Å². The zero-order chi connectivity index (χ0) is 9.97. The second kappa shape index (κ2) is 4.38. The summed E-state index contributed by atoms with van der Waals surface area (Å²) in [5.74, 6) is 0.588. The van der Waals surface area contributed by atoms with Crippen molar-refractivity contribution >= 4 is 11.3 Å². The van der Waals surface area contributed by atoms with Gasteiger partial charge in [0.05, 0.1) is 12.6 Å². The highest BCUT2D eigenvalue weighted by atomic mass is 32.1. The van der Waals surface area contributed by atoms with Crippen LogP contribution in [-0.4, -0.2) is 25.2 Å². The van der Waals surface area contributed by atoms with Gasteiger partial charge in [0.15, 0.2) is 0 Å². The van der Waals surface area contributed by atoms with Gasteiger partial charge >= 0.3 is 0 Å². The maximum absolute atomic E-state index is 5.41. The summed E-state index contributed by atoms with van der Waals surface area (Å²) in [5.41, 5.74) is 1.11. The lowest BCUT2D eigenvalue weighted by Crippen LogP contribution is -2.25. The van der Waals surface area contributed by atoms with Gasteiger partial charge in [-0.2, -0.15) is 0 Å². The summed E-state index contributed by atoms with van der Waals surface area (Å²) in [6, 6.07) is 0.371. The Morgan fingerprint density at radius 1 is 1.71 bits per heavy atom. The van der Waals surface area contributed by atoms with Gasteiger partial charge in [0.1, 0.15) is 5.01 Å². The normalized spacial score (nSPS) is 24.0. The molecule has 1 aliphatic heterocycles. The molecule has 1 aromatic heterocycles. The Bertz CT molecular complexity index is 294. The Balaban J connectivity index is 2.12. The number of ether oxygens (including phenoxy) is 1. The lowest BCUT2D eigenvalue weighted by Gasteiger charge is -2.19. The maximum Gasteiger partial charge on any atom is 0.110 e. The van der Waals surface area contributed by atoms with Gasteiger partial charge < -0.3 is 10.1 Å². The predicted molar refractivity (Wildman–Crippen MR) is 57.6 cm³/mol. The molecule has 0 saturated carbocycles. The molecule has 1 fully saturated rings. The zero-order valence-electron chi connectivity index (χ0n) is 8.62. The minimum Gasteiger partial charge on any atom is -0.381 e. The van der Waals surface area contributed by atoms with Crippen LogP contribution in [0.3, 0.4) is 0 Å². The number of nitrogens with one attached hydrogen (secondary N) is 1. The van der Waals surface area contributed by atoms with Crippen LogP contribution in [0.4, 0.5) is 0 Å². The molecule has 14 heavy (non-hydrogen) atoms. The van der Waals surface area contributed by atoms with E-state index in [1.54, 1.807) is 11.3 Å². The van der Waals surface area contributed by atoms with E-state index in [4.69, 9.17) is 4.74 Å². The second-order valence-corrected chi connectivity index (χ2v) is 4.61. The third kappa shape index (κ3) is 1.97. The molecule has 1 aliphatic rings. The first-order chi connectivity index (χ1) is 6.81. The first-order valence-corrected chi connectivity index (χ1v) is 5.86. The van der Waals surface area contributed by atoms with E-state index in [0.717, 1.165) is 25.3 Å². The van der Waals surface area contributed by atoms with Gasteiger partial charge in [-0.3, -0.25) is 0 Å². The van der Waals surface area contributed by atoms with Gasteiger partial charge in [0.2, 0.25) is 0 Å². The van der Waals surface area contributed by atoms with Gasteiger partial charge in [-0.1, -0.05) is 0 Å². The second-order valence-electron chi connectivity index (χ2n) is 3.72. The number of hydrogen-bond acceptors (Lipinski definition) is 4. The highest BCUT2D eigenvalue weighted by molar-refractivity contribution is 7.09. The highest BCUT2D eigenvalue weighted by Crippen LogP contribution is 2.30. The molecule has 2 unspecified atom stereocenters. The average molecular weight is 212 g/mol. The molecule has 2 heterocycles. The molecule has 1 N–H and O–H groups in total. The zero-order valence-corrected chi connectivity index (χ0v) is 9.43. The summed E-state index contributed by atoms with van der Waals surface area (Å²) in [4.78, 5) is 4.53. The van der Waals surface area contributed by atoms with Crippen molar-refractivity contribution in [2.45, 2.75) is 19.4 Å². The van der Waals surface area contributed by atoms with Crippen LogP contribution in [0.5, 0.6) is 0 Å². The Morgan fingerprint density at radius 3 is 3.07 bits per heavy atom. The quantitative estimate of drug-likeness (QED) is 0.829. The number of aromatic nitrogens is 1. The predicted octanol–water partition coefficient (Wildman–Crippen LogP) is 1.75. The Morgan fingerprint density at radius 2 is 2.57 bits per heavy atom. The van der Waals surface area contributed by atoms with Crippen LogP contribution in [0.25, 0.3) is 0 Å². The SMILES string of the molecule is CNC(c1nc(C)cs1)C1CCOC1. The van der Waals surface area contributed by atoms with Crippen molar-refractivity contribution in [2.75, 3.05) is 20.3 Å². The highest BCUT2D eigenvalue weighted by Gasteiger charge is 2.27. The lowest BCUT2D eigenvalue weighted by molar-refractivity contribution is 0.177. The van der Waals surface area contributed by atoms with E-state index in [1.165, 1.54) is 5.01 Å². The molecule has 1 saturated heterocycles. The first kappa shape index (κ1) is 10.1. The molecule has 4 heteroatoms. The standard InChI is InChI=1S/C10H16N2OS/c1-7-6-14-10(12-7)9(11-2)8-3-4-13-5-8/h6,8-9,11H,3-5H2,1-2H3. The van der Waals surface area contributed by atoms with Gasteiger partial charge in [-0.05, 0) is 20.4 Å². The van der Waals surface area contributed by atoms with Gasteiger partial charge in [-0.15, -0.1) is 11.3 Å². The van der Waals surface area contributed by atoms with Gasteiger partial charge in [0, 0.05) is 23.6 Å². The van der Waals surface area contributed by atoms with Crippen LogP contribution in [0, 0.1) is 12.8 Å². The Kier molecular flexibility index (Phi) is 3.15. The van der Waals surface area contributed by atoms with E-state index < -0.39 is 0 Å². The Hall–Kier alpha value is -0.450. The monoisotopic (exact) mass is 212 g/mol. The smallest absolute Gasteiger partial charge is 0.110 e. The van der Waals surface area contributed by atoms with E-state index in [0.29, 0.717) is 12.0 Å². The van der Waals surface area contributed by atoms with E-state index >= 15 is 0 Å². The molecule has 0 amide bonds. The van der Waals surface area contributed by atoms with Gasteiger partial charge in [-0.25, -0.2) is 4.98 Å². The summed E-state index contributed by atoms with van der Waals surface area (Å²) in [5, 5.41) is 6.64. The summed E-state index contributed by atoms with van der Waals surface area (Å²) >= 11 is 1.74. The number of thiazole rings is 1. The topological polar surface area (TPSA) is 34.2 Å². The van der Waals surface area contributed by atoms with Crippen molar-refractivity contribution < 1.29 is 4.74 Å². The average Bonchev–Trinajstić information content (AvgIpc) is 2.79. The van der Waals surface area contributed by atoms with Crippen LogP contribution in [0.1, 0.15) is 23.2 Å². The lowest BCUT2D eigenvalue weighted by atomic mass is 10.00. The van der Waals surface area contributed by atoms with Crippen LogP contribution in [0.2, 0.25) is 0 Å². The van der Waals surface area contributed by atoms with Crippen LogP contribution in [0.15, 0.2) is 5.38 Å². The summed E-state index contributed by atoms with van der Waals surface area (Å²) in [7, 11) is 2.00. The minimum absolute atomic E-state index is 0.371. The maximum atomic E-state index is 5.41. The largest absolute Gasteiger partial charge is 0.381 e. The van der Waals surface area contributed by atoms with Crippen LogP contribution >= 0.6 is 11.3 Å². The molecule has 2 rings (SSSR count). The Labute approximate surface area is 88.5 Å². The summed E-state index contributed by atoms with van der Waals surface area (Å²) in [6.07, 6.45) is 1.14. The van der Waals surface area contributed by atoms with E-state index in [9.17, 15) is 0 Å². The fraction of sp³-hybridized carbons (Fsp3) is 0.700. The summed E-state index contributed by atoms with van der Waals surface area (Å²) in [6.45, 7) is 3.80. The number of hydrogen-bond donors (Lipinski definition) is 1. The molecule has 78 valence electrons. The fourth-order valence-electron chi connectivity index (χ4n) is 1.89. The van der Waals surface area contributed by atoms with E-state index in [1.807, 2.05) is 14.0 Å². The third-order valence-corrected chi connectivity index (χ3v) is 3.70. The van der Waals surface area contributed by atoms with Crippen molar-refractivity contribution in [3.05, 3.63) is 16.1 Å². The van der Waals surface area contributed by atoms with E-state index in [2.05, 4.69) is 15.7 Å². The third-order valence-electron chi connectivity index (χ3n) is 2.65. The molecular formula is C10H16N2OS. The van der Waals surface area contributed by atoms with Crippen LogP contribution in [-0.2, 0) is 4.74 Å².